The van der Waals surface area contributed by atoms with Crippen LogP contribution in [0.5, 0.6) is 0 Å². The monoisotopic (exact) mass is 304 g/mol. The number of β-amino-alcohol motifs (C(OH)–C–C–N with tert-alkyl or cyclic N) is 1. The first-order chi connectivity index (χ1) is 10.6. The van der Waals surface area contributed by atoms with Crippen LogP contribution in [0.4, 0.5) is 4.79 Å². The molecule has 0 aliphatic carbocycles. The highest BCUT2D eigenvalue weighted by Crippen LogP contribution is 2.21. The maximum atomic E-state index is 12.2. The zero-order valence-corrected chi connectivity index (χ0v) is 12.5. The van der Waals surface area contributed by atoms with Gasteiger partial charge in [-0.25, -0.2) is 4.79 Å². The van der Waals surface area contributed by atoms with E-state index in [0.717, 1.165) is 5.56 Å². The molecule has 1 aliphatic rings. The predicted octanol–water partition coefficient (Wildman–Crippen LogP) is 2.85. The molecule has 2 rings (SSSR count). The number of likely N-dealkylation sites (tertiary alicyclic amines) is 1. The van der Waals surface area contributed by atoms with Gasteiger partial charge < -0.3 is 14.7 Å². The number of amides is 1. The van der Waals surface area contributed by atoms with Gasteiger partial charge in [-0.3, -0.25) is 0 Å². The minimum absolute atomic E-state index is 0.0724. The van der Waals surface area contributed by atoms with E-state index in [9.17, 15) is 9.90 Å². The fraction of sp³-hybridized carbons (Fsp3) is 0.533. The molecule has 1 aromatic rings. The molecule has 1 aliphatic heterocycles. The Morgan fingerprint density at radius 3 is 2.86 bits per heavy atom. The van der Waals surface area contributed by atoms with Crippen LogP contribution < -0.4 is 0 Å². The number of hydrogen-bond donors (Lipinski definition) is 1. The zero-order chi connectivity index (χ0) is 15.9. The molecule has 1 heterocycles. The number of nitrogens with zero attached hydrogens (tertiary/aromatic N) is 4. The van der Waals surface area contributed by atoms with Gasteiger partial charge in [-0.05, 0) is 30.9 Å². The average Bonchev–Trinajstić information content (AvgIpc) is 2.67. The molecule has 22 heavy (non-hydrogen) atoms. The fourth-order valence-electron chi connectivity index (χ4n) is 2.52. The van der Waals surface area contributed by atoms with Crippen molar-refractivity contribution in [3.63, 3.8) is 0 Å². The highest BCUT2D eigenvalue weighted by atomic mass is 16.6. The molecule has 1 aromatic carbocycles. The summed E-state index contributed by atoms with van der Waals surface area (Å²) in [5, 5.41) is 13.7. The summed E-state index contributed by atoms with van der Waals surface area (Å²) >= 11 is 0. The summed E-state index contributed by atoms with van der Waals surface area (Å²) in [7, 11) is 0. The average molecular weight is 304 g/mol. The second-order valence-electron chi connectivity index (χ2n) is 5.46. The van der Waals surface area contributed by atoms with Gasteiger partial charge in [0.2, 0.25) is 0 Å². The lowest BCUT2D eigenvalue weighted by molar-refractivity contribution is 0.0582. The highest BCUT2D eigenvalue weighted by Gasteiger charge is 2.32. The van der Waals surface area contributed by atoms with E-state index >= 15 is 0 Å². The molecule has 0 unspecified atom stereocenters. The summed E-state index contributed by atoms with van der Waals surface area (Å²) in [5.74, 6) is 0. The molecular weight excluding hydrogens is 284 g/mol. The van der Waals surface area contributed by atoms with E-state index < -0.39 is 18.2 Å². The van der Waals surface area contributed by atoms with Gasteiger partial charge in [0.05, 0.1) is 18.7 Å². The van der Waals surface area contributed by atoms with E-state index in [1.807, 2.05) is 37.3 Å². The molecule has 0 spiro atoms. The quantitative estimate of drug-likeness (QED) is 0.528. The Labute approximate surface area is 129 Å². The van der Waals surface area contributed by atoms with Gasteiger partial charge in [-0.2, -0.15) is 0 Å². The number of carbonyl (C=O) groups excluding carboxylic acids is 1. The third-order valence-electron chi connectivity index (χ3n) is 3.88. The van der Waals surface area contributed by atoms with Gasteiger partial charge in [0, 0.05) is 11.0 Å². The number of aliphatic hydroxyl groups is 1. The number of rotatable bonds is 3. The molecule has 3 atom stereocenters. The van der Waals surface area contributed by atoms with Crippen molar-refractivity contribution in [3.05, 3.63) is 46.3 Å². The van der Waals surface area contributed by atoms with Crippen LogP contribution in [-0.2, 0) is 11.3 Å². The third-order valence-corrected chi connectivity index (χ3v) is 3.88. The first-order valence-electron chi connectivity index (χ1n) is 7.31. The van der Waals surface area contributed by atoms with Crippen LogP contribution in [0.25, 0.3) is 10.4 Å². The van der Waals surface area contributed by atoms with Crippen molar-refractivity contribution in [3.8, 4) is 0 Å². The molecule has 0 aromatic heterocycles. The molecule has 0 radical (unpaired) electrons. The van der Waals surface area contributed by atoms with Gasteiger partial charge in [0.1, 0.15) is 6.61 Å². The Kier molecular flexibility index (Phi) is 5.63. The second kappa shape index (κ2) is 7.68. The molecule has 7 nitrogen and oxygen atoms in total. The maximum Gasteiger partial charge on any atom is 0.410 e. The van der Waals surface area contributed by atoms with Gasteiger partial charge in [0.25, 0.3) is 0 Å². The number of benzene rings is 1. The van der Waals surface area contributed by atoms with E-state index in [4.69, 9.17) is 10.3 Å². The first-order valence-corrected chi connectivity index (χ1v) is 7.31. The van der Waals surface area contributed by atoms with Gasteiger partial charge >= 0.3 is 6.09 Å². The van der Waals surface area contributed by atoms with Crippen molar-refractivity contribution in [2.75, 3.05) is 6.54 Å². The summed E-state index contributed by atoms with van der Waals surface area (Å²) in [5.41, 5.74) is 9.43. The van der Waals surface area contributed by atoms with Crippen LogP contribution in [0.3, 0.4) is 0 Å². The number of carbonyl (C=O) groups is 1. The van der Waals surface area contributed by atoms with E-state index in [1.165, 1.54) is 4.90 Å². The molecule has 7 heteroatoms. The third kappa shape index (κ3) is 4.13. The Morgan fingerprint density at radius 2 is 2.18 bits per heavy atom. The Balaban J connectivity index is 1.97. The standard InChI is InChI=1S/C15H20N4O3/c1-11-7-8-13(17-18-16)14(20)9-19(11)15(21)22-10-12-5-3-2-4-6-12/h2-6,11,13-14,20H,7-10H2,1H3/t11-,13-,14-/m1/s1. The van der Waals surface area contributed by atoms with Crippen LogP contribution in [0.15, 0.2) is 35.4 Å². The minimum atomic E-state index is -0.870. The van der Waals surface area contributed by atoms with Gasteiger partial charge in [-0.15, -0.1) is 0 Å². The second-order valence-corrected chi connectivity index (χ2v) is 5.46. The van der Waals surface area contributed by atoms with Crippen molar-refractivity contribution < 1.29 is 14.6 Å². The lowest BCUT2D eigenvalue weighted by Crippen LogP contribution is -2.43. The molecule has 0 saturated carbocycles. The fourth-order valence-corrected chi connectivity index (χ4v) is 2.52. The highest BCUT2D eigenvalue weighted by molar-refractivity contribution is 5.68. The van der Waals surface area contributed by atoms with Crippen LogP contribution >= 0.6 is 0 Å². The minimum Gasteiger partial charge on any atom is -0.445 e. The summed E-state index contributed by atoms with van der Waals surface area (Å²) < 4.78 is 5.31. The van der Waals surface area contributed by atoms with E-state index in [-0.39, 0.29) is 19.2 Å². The lowest BCUT2D eigenvalue weighted by Gasteiger charge is -2.27. The molecule has 1 fully saturated rings. The van der Waals surface area contributed by atoms with Crippen molar-refractivity contribution in [2.45, 2.75) is 44.6 Å². The van der Waals surface area contributed by atoms with E-state index in [1.54, 1.807) is 0 Å². The number of hydrogen-bond acceptors (Lipinski definition) is 4. The number of ether oxygens (including phenoxy) is 1. The molecule has 1 N–H and O–H groups in total. The summed E-state index contributed by atoms with van der Waals surface area (Å²) in [6, 6.07) is 8.85. The molecule has 0 bridgehead atoms. The molecular formula is C15H20N4O3. The largest absolute Gasteiger partial charge is 0.445 e. The van der Waals surface area contributed by atoms with Crippen LogP contribution in [0.1, 0.15) is 25.3 Å². The topological polar surface area (TPSA) is 98.5 Å². The van der Waals surface area contributed by atoms with Crippen molar-refractivity contribution in [1.29, 1.82) is 0 Å². The summed E-state index contributed by atoms with van der Waals surface area (Å²) in [4.78, 5) is 16.5. The lowest BCUT2D eigenvalue weighted by atomic mass is 10.1. The summed E-state index contributed by atoms with van der Waals surface area (Å²) in [6.45, 7) is 2.20. The van der Waals surface area contributed by atoms with Crippen LogP contribution in [0.2, 0.25) is 0 Å². The maximum absolute atomic E-state index is 12.2. The molecule has 1 amide bonds. The number of aliphatic hydroxyl groups excluding tert-OH is 1. The summed E-state index contributed by atoms with van der Waals surface area (Å²) in [6.07, 6.45) is -0.127. The van der Waals surface area contributed by atoms with Crippen LogP contribution in [-0.4, -0.2) is 40.8 Å². The van der Waals surface area contributed by atoms with E-state index in [0.29, 0.717) is 12.8 Å². The Hall–Kier alpha value is -2.24. The van der Waals surface area contributed by atoms with Crippen molar-refractivity contribution in [2.24, 2.45) is 5.11 Å². The molecule has 1 saturated heterocycles. The van der Waals surface area contributed by atoms with Gasteiger partial charge in [0.15, 0.2) is 0 Å². The predicted molar refractivity (Wildman–Crippen MR) is 81.0 cm³/mol. The zero-order valence-electron chi connectivity index (χ0n) is 12.5. The smallest absolute Gasteiger partial charge is 0.410 e. The molecule has 118 valence electrons. The normalized spacial score (nSPS) is 25.0. The Bertz CT molecular complexity index is 545. The number of azide groups is 1. The van der Waals surface area contributed by atoms with Crippen LogP contribution in [0, 0.1) is 0 Å². The first kappa shape index (κ1) is 16.1. The Morgan fingerprint density at radius 1 is 1.45 bits per heavy atom. The van der Waals surface area contributed by atoms with Gasteiger partial charge in [-0.1, -0.05) is 35.4 Å². The van der Waals surface area contributed by atoms with E-state index in [2.05, 4.69) is 10.0 Å². The van der Waals surface area contributed by atoms with Crippen molar-refractivity contribution in [1.82, 2.24) is 4.90 Å². The van der Waals surface area contributed by atoms with Crippen molar-refractivity contribution >= 4 is 6.09 Å². The SMILES string of the molecule is C[C@@H]1CC[C@@H](N=[N+]=[N-])[C@H](O)CN1C(=O)OCc1ccccc1.